The standard InChI is InChI=1S/C15H11F4NO3S/c16-11-3-1-10(2-4-11)9-14(21)20-12-5-7-13(8-6-12)24(22,23)15(17,18)19/h1-8H,9H2,(H,20,21). The molecule has 0 aliphatic heterocycles. The summed E-state index contributed by atoms with van der Waals surface area (Å²) < 4.78 is 72.4. The summed E-state index contributed by atoms with van der Waals surface area (Å²) in [4.78, 5) is 10.9. The second kappa shape index (κ2) is 6.60. The zero-order valence-corrected chi connectivity index (χ0v) is 12.8. The van der Waals surface area contributed by atoms with Crippen LogP contribution in [0.4, 0.5) is 23.2 Å². The molecule has 1 amide bonds. The van der Waals surface area contributed by atoms with Crippen molar-refractivity contribution in [3.63, 3.8) is 0 Å². The second-order valence-electron chi connectivity index (χ2n) is 4.82. The molecule has 0 heterocycles. The number of alkyl halides is 3. The molecule has 9 heteroatoms. The van der Waals surface area contributed by atoms with E-state index in [0.717, 1.165) is 24.3 Å². The maximum atomic E-state index is 12.8. The fourth-order valence-corrected chi connectivity index (χ4v) is 2.61. The van der Waals surface area contributed by atoms with Gasteiger partial charge in [0.25, 0.3) is 9.84 Å². The summed E-state index contributed by atoms with van der Waals surface area (Å²) in [7, 11) is -5.42. The average Bonchev–Trinajstić information content (AvgIpc) is 2.49. The third-order valence-corrected chi connectivity index (χ3v) is 4.53. The molecule has 0 aliphatic carbocycles. The number of carbonyl (C=O) groups is 1. The van der Waals surface area contributed by atoms with Crippen molar-refractivity contribution in [2.75, 3.05) is 5.32 Å². The van der Waals surface area contributed by atoms with E-state index < -0.39 is 32.0 Å². The van der Waals surface area contributed by atoms with E-state index in [2.05, 4.69) is 5.32 Å². The summed E-state index contributed by atoms with van der Waals surface area (Å²) in [5, 5.41) is 2.41. The SMILES string of the molecule is O=C(Cc1ccc(F)cc1)Nc1ccc(S(=O)(=O)C(F)(F)F)cc1. The Balaban J connectivity index is 2.06. The van der Waals surface area contributed by atoms with E-state index in [-0.39, 0.29) is 12.1 Å². The molecule has 2 aromatic rings. The monoisotopic (exact) mass is 361 g/mol. The average molecular weight is 361 g/mol. The maximum absolute atomic E-state index is 12.8. The van der Waals surface area contributed by atoms with Crippen molar-refractivity contribution in [2.45, 2.75) is 16.8 Å². The lowest BCUT2D eigenvalue weighted by molar-refractivity contribution is -0.115. The first-order chi connectivity index (χ1) is 11.1. The molecule has 0 unspecified atom stereocenters. The van der Waals surface area contributed by atoms with Gasteiger partial charge in [0.1, 0.15) is 5.82 Å². The van der Waals surface area contributed by atoms with Crippen molar-refractivity contribution >= 4 is 21.4 Å². The Morgan fingerprint density at radius 3 is 2.00 bits per heavy atom. The summed E-state index contributed by atoms with van der Waals surface area (Å²) in [5.41, 5.74) is -4.70. The van der Waals surface area contributed by atoms with E-state index in [9.17, 15) is 30.8 Å². The molecule has 0 radical (unpaired) electrons. The normalized spacial score (nSPS) is 12.0. The highest BCUT2D eigenvalue weighted by molar-refractivity contribution is 7.92. The van der Waals surface area contributed by atoms with Crippen LogP contribution in [0.25, 0.3) is 0 Å². The van der Waals surface area contributed by atoms with Gasteiger partial charge >= 0.3 is 5.51 Å². The minimum absolute atomic E-state index is 0.0666. The number of anilines is 1. The van der Waals surface area contributed by atoms with Crippen LogP contribution in [-0.4, -0.2) is 19.8 Å². The van der Waals surface area contributed by atoms with Gasteiger partial charge in [0.15, 0.2) is 0 Å². The first kappa shape index (κ1) is 17.9. The number of hydrogen-bond donors (Lipinski definition) is 1. The molecule has 0 aliphatic rings. The maximum Gasteiger partial charge on any atom is 0.501 e. The molecule has 1 N–H and O–H groups in total. The zero-order chi connectivity index (χ0) is 18.0. The fraction of sp³-hybridized carbons (Fsp3) is 0.133. The van der Waals surface area contributed by atoms with Crippen molar-refractivity contribution in [2.24, 2.45) is 0 Å². The van der Waals surface area contributed by atoms with Crippen LogP contribution in [0.5, 0.6) is 0 Å². The molecular weight excluding hydrogens is 350 g/mol. The first-order valence-corrected chi connectivity index (χ1v) is 8.03. The third-order valence-electron chi connectivity index (χ3n) is 3.03. The zero-order valence-electron chi connectivity index (χ0n) is 12.0. The lowest BCUT2D eigenvalue weighted by atomic mass is 10.1. The summed E-state index contributed by atoms with van der Waals surface area (Å²) in [6.45, 7) is 0. The molecule has 0 saturated heterocycles. The van der Waals surface area contributed by atoms with Gasteiger partial charge in [0.05, 0.1) is 11.3 Å². The molecular formula is C15H11F4NO3S. The molecule has 0 saturated carbocycles. The van der Waals surface area contributed by atoms with Crippen LogP contribution in [0.1, 0.15) is 5.56 Å². The molecule has 0 atom stereocenters. The van der Waals surface area contributed by atoms with Crippen molar-refractivity contribution in [1.82, 2.24) is 0 Å². The Hall–Kier alpha value is -2.42. The lowest BCUT2D eigenvalue weighted by Crippen LogP contribution is -2.23. The van der Waals surface area contributed by atoms with Gasteiger partial charge in [-0.1, -0.05) is 12.1 Å². The smallest absolute Gasteiger partial charge is 0.326 e. The Morgan fingerprint density at radius 2 is 1.50 bits per heavy atom. The van der Waals surface area contributed by atoms with E-state index >= 15 is 0 Å². The van der Waals surface area contributed by atoms with Gasteiger partial charge < -0.3 is 5.32 Å². The van der Waals surface area contributed by atoms with Crippen molar-refractivity contribution in [3.05, 3.63) is 59.9 Å². The number of rotatable bonds is 4. The number of nitrogens with one attached hydrogen (secondary N) is 1. The number of hydrogen-bond acceptors (Lipinski definition) is 3. The molecule has 0 aromatic heterocycles. The predicted octanol–water partition coefficient (Wildman–Crippen LogP) is 3.30. The van der Waals surface area contributed by atoms with Gasteiger partial charge in [-0.3, -0.25) is 4.79 Å². The molecule has 0 bridgehead atoms. The van der Waals surface area contributed by atoms with Crippen LogP contribution in [-0.2, 0) is 21.1 Å². The van der Waals surface area contributed by atoms with Crippen LogP contribution in [0.15, 0.2) is 53.4 Å². The minimum atomic E-state index is -5.42. The summed E-state index contributed by atoms with van der Waals surface area (Å²) in [6.07, 6.45) is -0.0666. The largest absolute Gasteiger partial charge is 0.501 e. The van der Waals surface area contributed by atoms with Crippen molar-refractivity contribution in [3.8, 4) is 0 Å². The van der Waals surface area contributed by atoms with E-state index in [1.807, 2.05) is 0 Å². The van der Waals surface area contributed by atoms with Crippen molar-refractivity contribution < 1.29 is 30.8 Å². The van der Waals surface area contributed by atoms with E-state index in [1.54, 1.807) is 0 Å². The van der Waals surface area contributed by atoms with Gasteiger partial charge in [-0.2, -0.15) is 13.2 Å². The number of benzene rings is 2. The molecule has 0 spiro atoms. The number of carbonyl (C=O) groups excluding carboxylic acids is 1. The van der Waals surface area contributed by atoms with Crippen LogP contribution in [0.3, 0.4) is 0 Å². The van der Waals surface area contributed by atoms with E-state index in [0.29, 0.717) is 5.56 Å². The Bertz CT molecular complexity index is 829. The third kappa shape index (κ3) is 4.10. The quantitative estimate of drug-likeness (QED) is 0.850. The van der Waals surface area contributed by atoms with E-state index in [1.165, 1.54) is 24.3 Å². The number of sulfone groups is 1. The second-order valence-corrected chi connectivity index (χ2v) is 6.77. The van der Waals surface area contributed by atoms with Crippen LogP contribution >= 0.6 is 0 Å². The lowest BCUT2D eigenvalue weighted by Gasteiger charge is -2.09. The van der Waals surface area contributed by atoms with E-state index in [4.69, 9.17) is 0 Å². The predicted molar refractivity (Wildman–Crippen MR) is 78.4 cm³/mol. The topological polar surface area (TPSA) is 63.2 Å². The number of amides is 1. The highest BCUT2D eigenvalue weighted by Gasteiger charge is 2.46. The molecule has 24 heavy (non-hydrogen) atoms. The van der Waals surface area contributed by atoms with Crippen molar-refractivity contribution in [1.29, 1.82) is 0 Å². The molecule has 4 nitrogen and oxygen atoms in total. The Kier molecular flexibility index (Phi) is 4.93. The van der Waals surface area contributed by atoms with Crippen LogP contribution in [0, 0.1) is 5.82 Å². The van der Waals surface area contributed by atoms with Gasteiger partial charge in [-0.15, -0.1) is 0 Å². The van der Waals surface area contributed by atoms with Crippen LogP contribution < -0.4 is 5.32 Å². The highest BCUT2D eigenvalue weighted by Crippen LogP contribution is 2.30. The van der Waals surface area contributed by atoms with Gasteiger partial charge in [0, 0.05) is 5.69 Å². The summed E-state index contributed by atoms with van der Waals surface area (Å²) >= 11 is 0. The molecule has 0 fully saturated rings. The van der Waals surface area contributed by atoms with Gasteiger partial charge in [-0.25, -0.2) is 12.8 Å². The molecule has 128 valence electrons. The fourth-order valence-electron chi connectivity index (χ4n) is 1.84. The number of halogens is 4. The minimum Gasteiger partial charge on any atom is -0.326 e. The highest BCUT2D eigenvalue weighted by atomic mass is 32.2. The van der Waals surface area contributed by atoms with Gasteiger partial charge in [-0.05, 0) is 42.0 Å². The summed E-state index contributed by atoms with van der Waals surface area (Å²) in [6, 6.07) is 8.87. The summed E-state index contributed by atoms with van der Waals surface area (Å²) in [5.74, 6) is -0.923. The van der Waals surface area contributed by atoms with Crippen LogP contribution in [0.2, 0.25) is 0 Å². The molecule has 2 rings (SSSR count). The first-order valence-electron chi connectivity index (χ1n) is 6.55. The molecule has 2 aromatic carbocycles. The Morgan fingerprint density at radius 1 is 0.958 bits per heavy atom. The van der Waals surface area contributed by atoms with Gasteiger partial charge in [0.2, 0.25) is 5.91 Å². The Labute approximate surface area is 135 Å².